The number of nitrogens with zero attached hydrogens (tertiary/aromatic N) is 3. The van der Waals surface area contributed by atoms with E-state index in [1.165, 1.54) is 23.8 Å². The molecule has 0 bridgehead atoms. The number of aromatic nitrogens is 1. The van der Waals surface area contributed by atoms with E-state index in [1.807, 2.05) is 4.90 Å². The topological polar surface area (TPSA) is 105 Å². The predicted molar refractivity (Wildman–Crippen MR) is 118 cm³/mol. The van der Waals surface area contributed by atoms with Crippen LogP contribution in [0.15, 0.2) is 23.6 Å². The zero-order valence-electron chi connectivity index (χ0n) is 17.6. The van der Waals surface area contributed by atoms with Crippen LogP contribution in [0.5, 0.6) is 0 Å². The molecular weight excluding hydrogens is 435 g/mol. The predicted octanol–water partition coefficient (Wildman–Crippen LogP) is 4.73. The number of amides is 2. The van der Waals surface area contributed by atoms with E-state index >= 15 is 0 Å². The van der Waals surface area contributed by atoms with Crippen LogP contribution in [0.1, 0.15) is 66.4 Å². The van der Waals surface area contributed by atoms with Crippen LogP contribution in [0.4, 0.5) is 15.8 Å². The lowest BCUT2D eigenvalue weighted by molar-refractivity contribution is -0.387. The van der Waals surface area contributed by atoms with Crippen LogP contribution in [0.25, 0.3) is 0 Å². The molecule has 0 spiro atoms. The van der Waals surface area contributed by atoms with Crippen molar-refractivity contribution >= 4 is 34.5 Å². The third-order valence-corrected chi connectivity index (χ3v) is 7.27. The van der Waals surface area contributed by atoms with Gasteiger partial charge in [-0.3, -0.25) is 19.7 Å². The van der Waals surface area contributed by atoms with Gasteiger partial charge in [-0.25, -0.2) is 4.98 Å². The number of carbonyl (C=O) groups is 2. The van der Waals surface area contributed by atoms with Crippen LogP contribution < -0.4 is 5.32 Å². The van der Waals surface area contributed by atoms with Gasteiger partial charge in [-0.2, -0.15) is 4.39 Å². The number of rotatable bonds is 5. The number of benzene rings is 1. The largest absolute Gasteiger partial charge is 0.342 e. The molecule has 1 saturated carbocycles. The molecule has 1 aromatic heterocycles. The molecule has 170 valence electrons. The summed E-state index contributed by atoms with van der Waals surface area (Å²) < 4.78 is 13.5. The Morgan fingerprint density at radius 2 is 1.88 bits per heavy atom. The van der Waals surface area contributed by atoms with E-state index in [2.05, 4.69) is 10.3 Å². The number of hydrogen-bond acceptors (Lipinski definition) is 6. The van der Waals surface area contributed by atoms with E-state index in [0.717, 1.165) is 55.7 Å². The van der Waals surface area contributed by atoms with E-state index in [-0.39, 0.29) is 29.1 Å². The van der Waals surface area contributed by atoms with Crippen LogP contribution >= 0.6 is 11.3 Å². The molecule has 1 aliphatic carbocycles. The first-order valence-corrected chi connectivity index (χ1v) is 11.8. The van der Waals surface area contributed by atoms with Crippen molar-refractivity contribution in [3.05, 3.63) is 50.2 Å². The number of nitrogens with one attached hydrogen (secondary N) is 1. The van der Waals surface area contributed by atoms with Crippen molar-refractivity contribution in [1.29, 1.82) is 0 Å². The van der Waals surface area contributed by atoms with E-state index in [0.29, 0.717) is 13.1 Å². The number of hydrogen-bond donors (Lipinski definition) is 1. The number of carbonyl (C=O) groups excluding carboxylic acids is 2. The van der Waals surface area contributed by atoms with Gasteiger partial charge in [-0.05, 0) is 37.8 Å². The summed E-state index contributed by atoms with van der Waals surface area (Å²) in [5.41, 5.74) is -0.346. The van der Waals surface area contributed by atoms with Gasteiger partial charge >= 0.3 is 5.69 Å². The summed E-state index contributed by atoms with van der Waals surface area (Å²) in [6, 6.07) is 3.20. The van der Waals surface area contributed by atoms with E-state index < -0.39 is 22.3 Å². The van der Waals surface area contributed by atoms with E-state index in [1.54, 1.807) is 5.38 Å². The monoisotopic (exact) mass is 460 g/mol. The van der Waals surface area contributed by atoms with Gasteiger partial charge in [-0.15, -0.1) is 11.3 Å². The molecular formula is C22H25FN4O4S. The Labute approximate surface area is 189 Å². The van der Waals surface area contributed by atoms with Crippen molar-refractivity contribution < 1.29 is 18.9 Å². The number of halogens is 1. The molecule has 1 N–H and O–H groups in total. The van der Waals surface area contributed by atoms with Gasteiger partial charge in [0.1, 0.15) is 5.69 Å². The fraction of sp³-hybridized carbons (Fsp3) is 0.500. The highest BCUT2D eigenvalue weighted by Gasteiger charge is 2.30. The number of nitro benzene ring substituents is 1. The molecule has 0 unspecified atom stereocenters. The molecule has 0 radical (unpaired) electrons. The highest BCUT2D eigenvalue weighted by atomic mass is 32.1. The Kier molecular flexibility index (Phi) is 6.78. The highest BCUT2D eigenvalue weighted by molar-refractivity contribution is 7.10. The van der Waals surface area contributed by atoms with Crippen molar-refractivity contribution in [2.45, 2.75) is 50.9 Å². The van der Waals surface area contributed by atoms with Gasteiger partial charge in [-0.1, -0.05) is 19.3 Å². The van der Waals surface area contributed by atoms with Crippen LogP contribution in [0.2, 0.25) is 0 Å². The first-order chi connectivity index (χ1) is 15.4. The maximum atomic E-state index is 13.5. The minimum Gasteiger partial charge on any atom is -0.342 e. The quantitative estimate of drug-likeness (QED) is 0.513. The zero-order chi connectivity index (χ0) is 22.7. The third kappa shape index (κ3) is 4.95. The summed E-state index contributed by atoms with van der Waals surface area (Å²) in [5, 5.41) is 15.9. The Morgan fingerprint density at radius 3 is 2.56 bits per heavy atom. The summed E-state index contributed by atoms with van der Waals surface area (Å²) in [4.78, 5) is 41.7. The molecule has 2 aromatic rings. The fourth-order valence-electron chi connectivity index (χ4n) is 4.46. The molecule has 2 aliphatic rings. The molecule has 2 fully saturated rings. The number of likely N-dealkylation sites (tertiary alicyclic amines) is 1. The molecule has 1 saturated heterocycles. The molecule has 0 atom stereocenters. The standard InChI is InChI=1S/C22H25FN4O4S/c23-17-7-6-16(12-19(17)27(30)31)24-20(28)18-13-32-21(25-18)14-8-10-26(11-9-14)22(29)15-4-2-1-3-5-15/h6-7,12-15H,1-5,8-11H2,(H,24,28). The van der Waals surface area contributed by atoms with E-state index in [4.69, 9.17) is 0 Å². The van der Waals surface area contributed by atoms with Gasteiger partial charge in [0, 0.05) is 42.1 Å². The molecule has 2 heterocycles. The summed E-state index contributed by atoms with van der Waals surface area (Å²) in [6.45, 7) is 1.42. The summed E-state index contributed by atoms with van der Waals surface area (Å²) >= 11 is 1.40. The van der Waals surface area contributed by atoms with Gasteiger partial charge in [0.05, 0.1) is 9.93 Å². The molecule has 10 heteroatoms. The second-order valence-electron chi connectivity index (χ2n) is 8.38. The van der Waals surface area contributed by atoms with Gasteiger partial charge in [0.2, 0.25) is 11.7 Å². The van der Waals surface area contributed by atoms with Crippen molar-refractivity contribution in [3.8, 4) is 0 Å². The molecule has 1 aromatic carbocycles. The lowest BCUT2D eigenvalue weighted by atomic mass is 9.87. The maximum absolute atomic E-state index is 13.5. The van der Waals surface area contributed by atoms with Gasteiger partial charge in [0.15, 0.2) is 0 Å². The van der Waals surface area contributed by atoms with Gasteiger partial charge < -0.3 is 10.2 Å². The van der Waals surface area contributed by atoms with Gasteiger partial charge in [0.25, 0.3) is 5.91 Å². The molecule has 32 heavy (non-hydrogen) atoms. The number of anilines is 1. The Hall–Kier alpha value is -2.88. The lowest BCUT2D eigenvalue weighted by Gasteiger charge is -2.34. The van der Waals surface area contributed by atoms with Crippen molar-refractivity contribution in [2.75, 3.05) is 18.4 Å². The average Bonchev–Trinajstić information content (AvgIpc) is 3.31. The van der Waals surface area contributed by atoms with Crippen molar-refractivity contribution in [3.63, 3.8) is 0 Å². The normalized spacial score (nSPS) is 17.8. The first-order valence-electron chi connectivity index (χ1n) is 10.9. The van der Waals surface area contributed by atoms with Crippen LogP contribution in [0, 0.1) is 21.8 Å². The average molecular weight is 461 g/mol. The minimum atomic E-state index is -0.961. The summed E-state index contributed by atoms with van der Waals surface area (Å²) in [5.74, 6) is -0.798. The van der Waals surface area contributed by atoms with Crippen LogP contribution in [-0.2, 0) is 4.79 Å². The molecule has 1 aliphatic heterocycles. The van der Waals surface area contributed by atoms with Crippen molar-refractivity contribution in [2.24, 2.45) is 5.92 Å². The Morgan fingerprint density at radius 1 is 1.16 bits per heavy atom. The second kappa shape index (κ2) is 9.72. The SMILES string of the molecule is O=C(Nc1ccc(F)c([N+](=O)[O-])c1)c1csc(C2CCN(C(=O)C3CCCCC3)CC2)n1. The maximum Gasteiger partial charge on any atom is 0.306 e. The fourth-order valence-corrected chi connectivity index (χ4v) is 5.43. The minimum absolute atomic E-state index is 0.132. The number of nitro groups is 1. The number of thiazole rings is 1. The Balaban J connectivity index is 1.34. The van der Waals surface area contributed by atoms with Crippen molar-refractivity contribution in [1.82, 2.24) is 9.88 Å². The third-order valence-electron chi connectivity index (χ3n) is 6.27. The zero-order valence-corrected chi connectivity index (χ0v) is 18.4. The molecule has 8 nitrogen and oxygen atoms in total. The first kappa shape index (κ1) is 22.3. The smallest absolute Gasteiger partial charge is 0.306 e. The lowest BCUT2D eigenvalue weighted by Crippen LogP contribution is -2.41. The second-order valence-corrected chi connectivity index (χ2v) is 9.27. The number of piperidine rings is 1. The summed E-state index contributed by atoms with van der Waals surface area (Å²) in [6.07, 6.45) is 7.14. The summed E-state index contributed by atoms with van der Waals surface area (Å²) in [7, 11) is 0. The Bertz CT molecular complexity index is 1010. The van der Waals surface area contributed by atoms with Crippen LogP contribution in [-0.4, -0.2) is 39.7 Å². The molecule has 4 rings (SSSR count). The van der Waals surface area contributed by atoms with Crippen LogP contribution in [0.3, 0.4) is 0 Å². The molecule has 2 amide bonds. The van der Waals surface area contributed by atoms with E-state index in [9.17, 15) is 24.1 Å². The highest BCUT2D eigenvalue weighted by Crippen LogP contribution is 2.33.